The van der Waals surface area contributed by atoms with Crippen molar-refractivity contribution in [3.8, 4) is 0 Å². The van der Waals surface area contributed by atoms with Gasteiger partial charge in [-0.15, -0.1) is 0 Å². The summed E-state index contributed by atoms with van der Waals surface area (Å²) in [6, 6.07) is 0.307. The van der Waals surface area contributed by atoms with E-state index >= 15 is 0 Å². The number of halogens is 10. The SMILES string of the molecule is FC(F)(F)Sc1ccc(C(F)(F)F)c(C(F)(F)F)c1Br. The van der Waals surface area contributed by atoms with Crippen molar-refractivity contribution in [2.75, 3.05) is 0 Å². The zero-order valence-electron chi connectivity index (χ0n) is 8.84. The molecule has 0 spiro atoms. The Hall–Kier alpha value is -0.580. The smallest absolute Gasteiger partial charge is 0.166 e. The summed E-state index contributed by atoms with van der Waals surface area (Å²) in [5, 5.41) is 0. The fourth-order valence-corrected chi connectivity index (χ4v) is 2.66. The van der Waals surface area contributed by atoms with Crippen LogP contribution in [0.3, 0.4) is 0 Å². The second-order valence-electron chi connectivity index (χ2n) is 3.34. The summed E-state index contributed by atoms with van der Waals surface area (Å²) in [6.45, 7) is 0. The van der Waals surface area contributed by atoms with Gasteiger partial charge in [0.2, 0.25) is 0 Å². The highest BCUT2D eigenvalue weighted by molar-refractivity contribution is 9.10. The summed E-state index contributed by atoms with van der Waals surface area (Å²) in [5.41, 5.74) is -9.16. The predicted octanol–water partition coefficient (Wildman–Crippen LogP) is 6.10. The van der Waals surface area contributed by atoms with Crippen LogP contribution >= 0.6 is 27.7 Å². The second kappa shape index (κ2) is 5.32. The van der Waals surface area contributed by atoms with Crippen LogP contribution in [0.2, 0.25) is 0 Å². The number of thioether (sulfide) groups is 1. The van der Waals surface area contributed by atoms with E-state index in [4.69, 9.17) is 0 Å². The lowest BCUT2D eigenvalue weighted by Crippen LogP contribution is -2.18. The van der Waals surface area contributed by atoms with Gasteiger partial charge in [-0.1, -0.05) is 0 Å². The number of hydrogen-bond donors (Lipinski definition) is 0. The van der Waals surface area contributed by atoms with Crippen LogP contribution in [-0.2, 0) is 12.4 Å². The van der Waals surface area contributed by atoms with Gasteiger partial charge < -0.3 is 0 Å². The molecule has 0 heterocycles. The highest BCUT2D eigenvalue weighted by Crippen LogP contribution is 2.49. The zero-order chi connectivity index (χ0) is 15.9. The van der Waals surface area contributed by atoms with Crippen molar-refractivity contribution in [1.82, 2.24) is 0 Å². The molecule has 0 fully saturated rings. The van der Waals surface area contributed by atoms with E-state index in [0.29, 0.717) is 6.07 Å². The normalized spacial score (nSPS) is 13.7. The second-order valence-corrected chi connectivity index (χ2v) is 5.24. The molecule has 0 radical (unpaired) electrons. The number of hydrogen-bond acceptors (Lipinski definition) is 1. The molecule has 11 heteroatoms. The summed E-state index contributed by atoms with van der Waals surface area (Å²) in [7, 11) is 0. The molecule has 0 saturated heterocycles. The van der Waals surface area contributed by atoms with Crippen molar-refractivity contribution in [3.63, 3.8) is 0 Å². The monoisotopic (exact) mass is 392 g/mol. The highest BCUT2D eigenvalue weighted by atomic mass is 79.9. The molecule has 0 nitrogen and oxygen atoms in total. The first-order valence-corrected chi connectivity index (χ1v) is 6.07. The quantitative estimate of drug-likeness (QED) is 0.411. The lowest BCUT2D eigenvalue weighted by Gasteiger charge is -2.19. The fourth-order valence-electron chi connectivity index (χ4n) is 1.27. The highest BCUT2D eigenvalue weighted by Gasteiger charge is 2.46. The third-order valence-corrected chi connectivity index (χ3v) is 3.80. The molecular formula is C9H2BrF9S. The first-order chi connectivity index (χ1) is 8.73. The van der Waals surface area contributed by atoms with Crippen LogP contribution < -0.4 is 0 Å². The Morgan fingerprint density at radius 1 is 0.800 bits per heavy atom. The molecule has 1 aromatic rings. The van der Waals surface area contributed by atoms with Gasteiger partial charge in [0.15, 0.2) is 0 Å². The van der Waals surface area contributed by atoms with E-state index < -0.39 is 50.1 Å². The van der Waals surface area contributed by atoms with Gasteiger partial charge in [0.1, 0.15) is 0 Å². The summed E-state index contributed by atoms with van der Waals surface area (Å²) >= 11 is 1.23. The Balaban J connectivity index is 3.52. The molecule has 20 heavy (non-hydrogen) atoms. The molecule has 114 valence electrons. The van der Waals surface area contributed by atoms with Gasteiger partial charge in [-0.25, -0.2) is 0 Å². The molecule has 0 unspecified atom stereocenters. The molecule has 0 amide bonds. The van der Waals surface area contributed by atoms with Gasteiger partial charge in [-0.3, -0.25) is 0 Å². The largest absolute Gasteiger partial charge is 0.446 e. The molecule has 0 aliphatic heterocycles. The van der Waals surface area contributed by atoms with Crippen molar-refractivity contribution in [2.45, 2.75) is 22.8 Å². The average molecular weight is 393 g/mol. The van der Waals surface area contributed by atoms with Gasteiger partial charge in [-0.2, -0.15) is 39.5 Å². The van der Waals surface area contributed by atoms with Crippen LogP contribution in [0, 0.1) is 0 Å². The lowest BCUT2D eigenvalue weighted by atomic mass is 10.1. The first kappa shape index (κ1) is 17.5. The van der Waals surface area contributed by atoms with Crippen molar-refractivity contribution in [2.24, 2.45) is 0 Å². The number of rotatable bonds is 1. The van der Waals surface area contributed by atoms with Gasteiger partial charge >= 0.3 is 17.9 Å². The van der Waals surface area contributed by atoms with Gasteiger partial charge in [-0.05, 0) is 39.8 Å². The predicted molar refractivity (Wildman–Crippen MR) is 56.1 cm³/mol. The fraction of sp³-hybridized carbons (Fsp3) is 0.333. The molecule has 1 rings (SSSR count). The maximum Gasteiger partial charge on any atom is 0.446 e. The van der Waals surface area contributed by atoms with Crippen LogP contribution in [0.1, 0.15) is 11.1 Å². The molecular weight excluding hydrogens is 391 g/mol. The molecule has 0 aliphatic rings. The Morgan fingerprint density at radius 3 is 1.65 bits per heavy atom. The van der Waals surface area contributed by atoms with Gasteiger partial charge in [0.05, 0.1) is 11.1 Å². The van der Waals surface area contributed by atoms with E-state index in [0.717, 1.165) is 0 Å². The maximum absolute atomic E-state index is 12.6. The maximum atomic E-state index is 12.6. The molecule has 0 atom stereocenters. The van der Waals surface area contributed by atoms with Gasteiger partial charge in [0.25, 0.3) is 0 Å². The van der Waals surface area contributed by atoms with Crippen molar-refractivity contribution >= 4 is 27.7 Å². The van der Waals surface area contributed by atoms with Gasteiger partial charge in [0, 0.05) is 9.37 Å². The van der Waals surface area contributed by atoms with Crippen molar-refractivity contribution < 1.29 is 39.5 Å². The van der Waals surface area contributed by atoms with Crippen LogP contribution in [0.15, 0.2) is 21.5 Å². The minimum atomic E-state index is -5.45. The molecule has 0 N–H and O–H groups in total. The topological polar surface area (TPSA) is 0 Å². The summed E-state index contributed by atoms with van der Waals surface area (Å²) in [5.74, 6) is 0. The third kappa shape index (κ3) is 4.21. The number of benzene rings is 1. The number of alkyl halides is 9. The first-order valence-electron chi connectivity index (χ1n) is 4.46. The molecule has 0 bridgehead atoms. The summed E-state index contributed by atoms with van der Waals surface area (Å²) < 4.78 is 110. The zero-order valence-corrected chi connectivity index (χ0v) is 11.2. The molecule has 0 saturated carbocycles. The summed E-state index contributed by atoms with van der Waals surface area (Å²) in [6.07, 6.45) is -10.8. The third-order valence-electron chi connectivity index (χ3n) is 1.92. The van der Waals surface area contributed by atoms with E-state index in [1.165, 1.54) is 0 Å². The van der Waals surface area contributed by atoms with E-state index in [1.807, 2.05) is 0 Å². The Bertz CT molecular complexity index is 500. The van der Waals surface area contributed by atoms with E-state index in [2.05, 4.69) is 15.9 Å². The Labute approximate surface area is 118 Å². The van der Waals surface area contributed by atoms with E-state index in [1.54, 1.807) is 0 Å². The van der Waals surface area contributed by atoms with E-state index in [-0.39, 0.29) is 6.07 Å². The molecule has 0 aromatic heterocycles. The van der Waals surface area contributed by atoms with Crippen LogP contribution in [0.25, 0.3) is 0 Å². The molecule has 0 aliphatic carbocycles. The van der Waals surface area contributed by atoms with Crippen LogP contribution in [0.5, 0.6) is 0 Å². The average Bonchev–Trinajstić information content (AvgIpc) is 2.15. The Morgan fingerprint density at radius 2 is 1.30 bits per heavy atom. The molecule has 1 aromatic carbocycles. The Kier molecular flexibility index (Phi) is 4.65. The van der Waals surface area contributed by atoms with E-state index in [9.17, 15) is 39.5 Å². The summed E-state index contributed by atoms with van der Waals surface area (Å²) in [4.78, 5) is -1.00. The standard InChI is InChI=1S/C9H2BrF9S/c10-6-4(20-9(17,18)19)2-1-3(7(11,12)13)5(6)8(14,15)16/h1-2H. The minimum Gasteiger partial charge on any atom is -0.166 e. The van der Waals surface area contributed by atoms with Crippen molar-refractivity contribution in [1.29, 1.82) is 0 Å². The van der Waals surface area contributed by atoms with Crippen molar-refractivity contribution in [3.05, 3.63) is 27.7 Å². The minimum absolute atomic E-state index is 0.0261. The van der Waals surface area contributed by atoms with Crippen LogP contribution in [0.4, 0.5) is 39.5 Å². The van der Waals surface area contributed by atoms with Crippen LogP contribution in [-0.4, -0.2) is 5.51 Å². The lowest BCUT2D eigenvalue weighted by molar-refractivity contribution is -0.162.